The van der Waals surface area contributed by atoms with E-state index in [1.165, 1.54) is 0 Å². The molecule has 6 nitrogen and oxygen atoms in total. The van der Waals surface area contributed by atoms with Gasteiger partial charge in [0.25, 0.3) is 0 Å². The summed E-state index contributed by atoms with van der Waals surface area (Å²) in [5.41, 5.74) is 0. The summed E-state index contributed by atoms with van der Waals surface area (Å²) in [4.78, 5) is 35.1. The van der Waals surface area contributed by atoms with E-state index in [1.807, 2.05) is 0 Å². The van der Waals surface area contributed by atoms with E-state index in [-0.39, 0.29) is 23.6 Å². The van der Waals surface area contributed by atoms with Crippen LogP contribution in [-0.2, 0) is 28.6 Å². The Morgan fingerprint density at radius 1 is 1.14 bits per heavy atom. The van der Waals surface area contributed by atoms with Gasteiger partial charge in [-0.25, -0.2) is 0 Å². The van der Waals surface area contributed by atoms with Gasteiger partial charge in [0.1, 0.15) is 11.9 Å². The molecule has 0 spiro atoms. The van der Waals surface area contributed by atoms with Gasteiger partial charge in [-0.05, 0) is 31.8 Å². The van der Waals surface area contributed by atoms with Crippen LogP contribution in [0.25, 0.3) is 0 Å². The van der Waals surface area contributed by atoms with Gasteiger partial charge in [-0.3, -0.25) is 14.4 Å². The Hall–Kier alpha value is -1.53. The Morgan fingerprint density at radius 2 is 1.89 bits per heavy atom. The fourth-order valence-corrected chi connectivity index (χ4v) is 3.33. The molecule has 1 heterocycles. The van der Waals surface area contributed by atoms with Crippen LogP contribution in [0, 0.1) is 0 Å². The first-order chi connectivity index (χ1) is 13.4. The molecule has 0 amide bonds. The molecule has 0 radical (unpaired) electrons. The number of allylic oxidation sites excluding steroid dienone is 1. The van der Waals surface area contributed by atoms with Crippen molar-refractivity contribution < 1.29 is 28.6 Å². The molecular weight excluding hydrogens is 360 g/mol. The Labute approximate surface area is 169 Å². The van der Waals surface area contributed by atoms with Gasteiger partial charge in [-0.15, -0.1) is 0 Å². The maximum absolute atomic E-state index is 12.2. The number of esters is 1. The minimum absolute atomic E-state index is 0.0302. The Kier molecular flexibility index (Phi) is 11.9. The van der Waals surface area contributed by atoms with Gasteiger partial charge in [0.05, 0.1) is 0 Å². The van der Waals surface area contributed by atoms with Crippen molar-refractivity contribution in [1.82, 2.24) is 0 Å². The summed E-state index contributed by atoms with van der Waals surface area (Å²) in [6, 6.07) is 0. The molecule has 0 N–H and O–H groups in total. The number of carbonyl (C=O) groups is 3. The number of carbonyl (C=O) groups excluding carboxylic acids is 3. The van der Waals surface area contributed by atoms with Crippen molar-refractivity contribution >= 4 is 17.5 Å². The lowest BCUT2D eigenvalue weighted by molar-refractivity contribution is -0.208. The predicted molar refractivity (Wildman–Crippen MR) is 107 cm³/mol. The van der Waals surface area contributed by atoms with Gasteiger partial charge in [0.2, 0.25) is 0 Å². The van der Waals surface area contributed by atoms with Crippen LogP contribution in [0.15, 0.2) is 12.2 Å². The third-order valence-corrected chi connectivity index (χ3v) is 5.24. The summed E-state index contributed by atoms with van der Waals surface area (Å²) in [6.07, 6.45) is 11.3. The smallest absolute Gasteiger partial charge is 0.306 e. The molecule has 1 atom stereocenters. The maximum Gasteiger partial charge on any atom is 0.306 e. The second-order valence-electron chi connectivity index (χ2n) is 7.43. The average molecular weight is 397 g/mol. The molecule has 0 bridgehead atoms. The van der Waals surface area contributed by atoms with Crippen LogP contribution >= 0.6 is 0 Å². The van der Waals surface area contributed by atoms with E-state index in [4.69, 9.17) is 14.2 Å². The van der Waals surface area contributed by atoms with Gasteiger partial charge in [-0.1, -0.05) is 25.8 Å². The summed E-state index contributed by atoms with van der Waals surface area (Å²) in [5.74, 6) is -0.782. The van der Waals surface area contributed by atoms with E-state index < -0.39 is 5.79 Å². The van der Waals surface area contributed by atoms with Gasteiger partial charge < -0.3 is 14.2 Å². The molecule has 1 aliphatic rings. The first-order valence-corrected chi connectivity index (χ1v) is 10.5. The van der Waals surface area contributed by atoms with E-state index in [0.29, 0.717) is 38.5 Å². The standard InChI is InChI=1S/C22H36O6/c1-4-5-6-9-18(23)11-8-16-22(26-2,27-3)17-15-19(24)10-7-12-20-13-14-21(25)28-20/h8,11,20H,4-7,9-10,12-17H2,1-3H3. The number of ether oxygens (including phenoxy) is 3. The van der Waals surface area contributed by atoms with Crippen molar-refractivity contribution in [2.75, 3.05) is 14.2 Å². The molecule has 1 unspecified atom stereocenters. The molecule has 1 aliphatic heterocycles. The van der Waals surface area contributed by atoms with Gasteiger partial charge in [0.15, 0.2) is 11.6 Å². The molecule has 28 heavy (non-hydrogen) atoms. The Balaban J connectivity index is 2.33. The summed E-state index contributed by atoms with van der Waals surface area (Å²) < 4.78 is 16.2. The molecule has 0 aromatic rings. The largest absolute Gasteiger partial charge is 0.462 e. The molecule has 0 aromatic heterocycles. The lowest BCUT2D eigenvalue weighted by Gasteiger charge is -2.29. The lowest BCUT2D eigenvalue weighted by atomic mass is 10.00. The van der Waals surface area contributed by atoms with Crippen LogP contribution in [0.5, 0.6) is 0 Å². The topological polar surface area (TPSA) is 78.9 Å². The second-order valence-corrected chi connectivity index (χ2v) is 7.43. The zero-order valence-electron chi connectivity index (χ0n) is 17.7. The highest BCUT2D eigenvalue weighted by atomic mass is 16.7. The third-order valence-electron chi connectivity index (χ3n) is 5.24. The van der Waals surface area contributed by atoms with Crippen molar-refractivity contribution in [3.8, 4) is 0 Å². The summed E-state index contributed by atoms with van der Waals surface area (Å²) in [7, 11) is 3.11. The van der Waals surface area contributed by atoms with E-state index >= 15 is 0 Å². The van der Waals surface area contributed by atoms with E-state index in [9.17, 15) is 14.4 Å². The number of ketones is 2. The highest BCUT2D eigenvalue weighted by molar-refractivity contribution is 5.89. The minimum atomic E-state index is -0.892. The van der Waals surface area contributed by atoms with Gasteiger partial charge in [0, 0.05) is 52.7 Å². The van der Waals surface area contributed by atoms with Gasteiger partial charge >= 0.3 is 5.97 Å². The molecule has 160 valence electrons. The molecule has 0 saturated carbocycles. The Morgan fingerprint density at radius 3 is 2.50 bits per heavy atom. The van der Waals surface area contributed by atoms with Crippen molar-refractivity contribution in [2.24, 2.45) is 0 Å². The SMILES string of the molecule is CCCCCC(=O)C=CCC(CCC(=O)CCCC1CCC(=O)O1)(OC)OC. The molecule has 1 rings (SSSR count). The van der Waals surface area contributed by atoms with Crippen molar-refractivity contribution in [3.63, 3.8) is 0 Å². The fourth-order valence-electron chi connectivity index (χ4n) is 3.33. The molecule has 0 aromatic carbocycles. The molecule has 1 fully saturated rings. The number of methoxy groups -OCH3 is 2. The number of unbranched alkanes of at least 4 members (excludes halogenated alkanes) is 2. The predicted octanol–water partition coefficient (Wildman–Crippen LogP) is 4.30. The molecule has 0 aliphatic carbocycles. The number of hydrogen-bond donors (Lipinski definition) is 0. The van der Waals surface area contributed by atoms with E-state index in [0.717, 1.165) is 38.5 Å². The summed E-state index contributed by atoms with van der Waals surface area (Å²) in [5, 5.41) is 0. The van der Waals surface area contributed by atoms with E-state index in [1.54, 1.807) is 26.4 Å². The highest BCUT2D eigenvalue weighted by Crippen LogP contribution is 2.25. The van der Waals surface area contributed by atoms with Crippen LogP contribution in [0.1, 0.15) is 84.0 Å². The van der Waals surface area contributed by atoms with Crippen LogP contribution in [0.3, 0.4) is 0 Å². The Bertz CT molecular complexity index is 521. The van der Waals surface area contributed by atoms with Crippen molar-refractivity contribution in [3.05, 3.63) is 12.2 Å². The van der Waals surface area contributed by atoms with Crippen molar-refractivity contribution in [1.29, 1.82) is 0 Å². The van der Waals surface area contributed by atoms with Crippen molar-refractivity contribution in [2.45, 2.75) is 95.9 Å². The summed E-state index contributed by atoms with van der Waals surface area (Å²) in [6.45, 7) is 2.11. The van der Waals surface area contributed by atoms with Crippen LogP contribution in [0.2, 0.25) is 0 Å². The van der Waals surface area contributed by atoms with Crippen LogP contribution < -0.4 is 0 Å². The zero-order valence-corrected chi connectivity index (χ0v) is 17.7. The normalized spacial score (nSPS) is 17.2. The van der Waals surface area contributed by atoms with Crippen LogP contribution in [0.4, 0.5) is 0 Å². The molecular formula is C22H36O6. The monoisotopic (exact) mass is 396 g/mol. The number of cyclic esters (lactones) is 1. The highest BCUT2D eigenvalue weighted by Gasteiger charge is 2.29. The number of hydrogen-bond acceptors (Lipinski definition) is 6. The zero-order chi connectivity index (χ0) is 20.8. The van der Waals surface area contributed by atoms with E-state index in [2.05, 4.69) is 6.92 Å². The first kappa shape index (κ1) is 24.5. The number of rotatable bonds is 16. The second kappa shape index (κ2) is 13.6. The first-order valence-electron chi connectivity index (χ1n) is 10.5. The maximum atomic E-state index is 12.2. The molecule has 6 heteroatoms. The fraction of sp³-hybridized carbons (Fsp3) is 0.773. The molecule has 1 saturated heterocycles. The average Bonchev–Trinajstić information content (AvgIpc) is 3.10. The quantitative estimate of drug-likeness (QED) is 0.168. The summed E-state index contributed by atoms with van der Waals surface area (Å²) >= 11 is 0. The number of Topliss-reactive ketones (excluding diaryl/α,β-unsaturated/α-hetero) is 1. The minimum Gasteiger partial charge on any atom is -0.462 e. The van der Waals surface area contributed by atoms with Gasteiger partial charge in [-0.2, -0.15) is 0 Å². The third kappa shape index (κ3) is 9.60. The van der Waals surface area contributed by atoms with Crippen LogP contribution in [-0.4, -0.2) is 43.6 Å². The lowest BCUT2D eigenvalue weighted by Crippen LogP contribution is -2.34.